The molecule has 0 bridgehead atoms. The van der Waals surface area contributed by atoms with Gasteiger partial charge in [0.05, 0.1) is 62.3 Å². The van der Waals surface area contributed by atoms with Gasteiger partial charge >= 0.3 is 12.2 Å². The summed E-state index contributed by atoms with van der Waals surface area (Å²) < 4.78 is 20.3. The highest BCUT2D eigenvalue weighted by atomic mass is 16.5. The van der Waals surface area contributed by atoms with Gasteiger partial charge in [0.1, 0.15) is 23.7 Å². The molecule has 316 valence electrons. The minimum atomic E-state index is -0.899. The third kappa shape index (κ3) is 8.70. The predicted octanol–water partition coefficient (Wildman–Crippen LogP) is 6.13. The molecule has 4 amide bonds. The number of nitrogens with zero attached hydrogens (tertiary/aromatic N) is 4. The second-order valence-corrected chi connectivity index (χ2v) is 15.2. The number of aromatic amines is 2. The van der Waals surface area contributed by atoms with Crippen molar-refractivity contribution in [1.29, 1.82) is 0 Å². The second kappa shape index (κ2) is 18.3. The molecule has 16 heteroatoms. The number of hydrogen-bond acceptors (Lipinski definition) is 10. The standard InChI is InChI=1S/C44H52N8O8/c1-25(57-3)37(49-43(55)59-5)41(53)51-19-7-9-35(51)39-45-23-33(47-39)28-13-11-27(12-14-28)29-15-16-31-22-32(18-17-30(31)21-29)34-24-46-40(48-34)36-10-8-20-52(36)42(54)38(26(2)58-4)50-44(56)60-6/h11-18,21-26,35-38H,7-10,19-20H2,1-6H3,(H,45,47)(H,46,48)(H,49,55)(H,50,56). The Morgan fingerprint density at radius 1 is 0.617 bits per heavy atom. The van der Waals surface area contributed by atoms with Crippen LogP contribution >= 0.6 is 0 Å². The number of alkyl carbamates (subject to hydrolysis) is 2. The first-order valence-electron chi connectivity index (χ1n) is 20.1. The van der Waals surface area contributed by atoms with E-state index >= 15 is 0 Å². The van der Waals surface area contributed by atoms with E-state index in [2.05, 4.69) is 86.2 Å². The molecule has 2 aliphatic rings. The number of nitrogens with one attached hydrogen (secondary N) is 4. The monoisotopic (exact) mass is 820 g/mol. The third-order valence-corrected chi connectivity index (χ3v) is 11.7. The molecule has 0 saturated carbocycles. The second-order valence-electron chi connectivity index (χ2n) is 15.2. The molecular weight excluding hydrogens is 769 g/mol. The molecule has 3 aromatic carbocycles. The molecule has 4 N–H and O–H groups in total. The number of carbonyl (C=O) groups excluding carboxylic acids is 4. The minimum Gasteiger partial charge on any atom is -0.453 e. The highest BCUT2D eigenvalue weighted by Crippen LogP contribution is 2.35. The summed E-state index contributed by atoms with van der Waals surface area (Å²) in [5.41, 5.74) is 5.75. The summed E-state index contributed by atoms with van der Waals surface area (Å²) >= 11 is 0. The molecule has 0 radical (unpaired) electrons. The fourth-order valence-electron chi connectivity index (χ4n) is 8.13. The van der Waals surface area contributed by atoms with Gasteiger partial charge in [0.2, 0.25) is 11.8 Å². The quantitative estimate of drug-likeness (QED) is 0.107. The average molecular weight is 821 g/mol. The Bertz CT molecular complexity index is 2330. The van der Waals surface area contributed by atoms with E-state index in [-0.39, 0.29) is 23.9 Å². The summed E-state index contributed by atoms with van der Waals surface area (Å²) in [4.78, 5) is 71.1. The van der Waals surface area contributed by atoms with Crippen LogP contribution in [0.25, 0.3) is 44.4 Å². The highest BCUT2D eigenvalue weighted by molar-refractivity contribution is 5.91. The van der Waals surface area contributed by atoms with Crippen LogP contribution in [0, 0.1) is 0 Å². The number of ether oxygens (including phenoxy) is 4. The zero-order chi connectivity index (χ0) is 42.5. The van der Waals surface area contributed by atoms with Crippen molar-refractivity contribution in [2.24, 2.45) is 0 Å². The number of rotatable bonds is 13. The van der Waals surface area contributed by atoms with Gasteiger partial charge in [-0.15, -0.1) is 0 Å². The highest BCUT2D eigenvalue weighted by Gasteiger charge is 2.40. The smallest absolute Gasteiger partial charge is 0.407 e. The van der Waals surface area contributed by atoms with Crippen molar-refractivity contribution in [3.05, 3.63) is 84.7 Å². The number of H-pyrrole nitrogens is 2. The molecule has 16 nitrogen and oxygen atoms in total. The molecule has 6 atom stereocenters. The Balaban J connectivity index is 1.03. The maximum absolute atomic E-state index is 13.7. The first-order chi connectivity index (χ1) is 29.0. The van der Waals surface area contributed by atoms with Crippen molar-refractivity contribution in [2.45, 2.75) is 75.9 Å². The van der Waals surface area contributed by atoms with Crippen LogP contribution in [0.3, 0.4) is 0 Å². The van der Waals surface area contributed by atoms with Crippen molar-refractivity contribution in [1.82, 2.24) is 40.4 Å². The molecular formula is C44H52N8O8. The number of fused-ring (bicyclic) bond motifs is 1. The maximum Gasteiger partial charge on any atom is 0.407 e. The van der Waals surface area contributed by atoms with Crippen LogP contribution in [0.15, 0.2) is 73.1 Å². The van der Waals surface area contributed by atoms with Gasteiger partial charge in [-0.1, -0.05) is 48.5 Å². The van der Waals surface area contributed by atoms with E-state index < -0.39 is 36.5 Å². The molecule has 2 saturated heterocycles. The SMILES string of the molecule is COC(=O)NC(C(=O)N1CCCC1c1ncc(-c2ccc(-c3ccc4cc(-c5cnc(C6CCCN6C(=O)C(NC(=O)OC)C(C)OC)[nH]5)ccc4c3)cc2)[nH]1)C(C)OC. The molecule has 2 fully saturated rings. The van der Waals surface area contributed by atoms with Gasteiger partial charge in [0, 0.05) is 32.9 Å². The summed E-state index contributed by atoms with van der Waals surface area (Å²) in [6, 6.07) is 18.6. The molecule has 2 aromatic heterocycles. The maximum atomic E-state index is 13.7. The normalized spacial score (nSPS) is 18.5. The van der Waals surface area contributed by atoms with E-state index in [0.717, 1.165) is 70.1 Å². The lowest BCUT2D eigenvalue weighted by atomic mass is 9.98. The zero-order valence-electron chi connectivity index (χ0n) is 34.7. The Kier molecular flexibility index (Phi) is 12.8. The van der Waals surface area contributed by atoms with Gasteiger partial charge in [-0.2, -0.15) is 0 Å². The largest absolute Gasteiger partial charge is 0.453 e. The van der Waals surface area contributed by atoms with Gasteiger partial charge in [-0.25, -0.2) is 19.6 Å². The molecule has 4 heterocycles. The van der Waals surface area contributed by atoms with Gasteiger partial charge < -0.3 is 49.3 Å². The van der Waals surface area contributed by atoms with Gasteiger partial charge in [0.25, 0.3) is 0 Å². The Hall–Kier alpha value is -6.26. The molecule has 2 aliphatic heterocycles. The van der Waals surface area contributed by atoms with E-state index in [9.17, 15) is 19.2 Å². The first-order valence-corrected chi connectivity index (χ1v) is 20.1. The van der Waals surface area contributed by atoms with Crippen LogP contribution in [0.2, 0.25) is 0 Å². The number of aromatic nitrogens is 4. The number of amides is 4. The van der Waals surface area contributed by atoms with Crippen molar-refractivity contribution < 1.29 is 38.1 Å². The fraction of sp³-hybridized carbons (Fsp3) is 0.409. The van der Waals surface area contributed by atoms with Crippen LogP contribution in [-0.2, 0) is 28.5 Å². The topological polar surface area (TPSA) is 193 Å². The van der Waals surface area contributed by atoms with Crippen molar-refractivity contribution in [3.8, 4) is 33.6 Å². The van der Waals surface area contributed by atoms with Crippen molar-refractivity contribution in [3.63, 3.8) is 0 Å². The Morgan fingerprint density at radius 3 is 1.50 bits per heavy atom. The lowest BCUT2D eigenvalue weighted by molar-refractivity contribution is -0.138. The number of hydrogen-bond donors (Lipinski definition) is 4. The van der Waals surface area contributed by atoms with Gasteiger partial charge in [0.15, 0.2) is 0 Å². The number of methoxy groups -OCH3 is 4. The van der Waals surface area contributed by atoms with Crippen LogP contribution < -0.4 is 10.6 Å². The Labute approximate surface area is 348 Å². The molecule has 5 aromatic rings. The lowest BCUT2D eigenvalue weighted by Crippen LogP contribution is -2.54. The van der Waals surface area contributed by atoms with E-state index in [4.69, 9.17) is 23.9 Å². The van der Waals surface area contributed by atoms with Crippen molar-refractivity contribution >= 4 is 34.8 Å². The number of likely N-dealkylation sites (tertiary alicyclic amines) is 2. The van der Waals surface area contributed by atoms with Gasteiger partial charge in [-0.3, -0.25) is 9.59 Å². The van der Waals surface area contributed by atoms with Gasteiger partial charge in [-0.05, 0) is 79.1 Å². The van der Waals surface area contributed by atoms with Crippen LogP contribution in [0.4, 0.5) is 9.59 Å². The first kappa shape index (κ1) is 41.9. The lowest BCUT2D eigenvalue weighted by Gasteiger charge is -2.30. The summed E-state index contributed by atoms with van der Waals surface area (Å²) in [5.74, 6) is 0.882. The third-order valence-electron chi connectivity index (χ3n) is 11.7. The summed E-state index contributed by atoms with van der Waals surface area (Å²) in [6.45, 7) is 4.55. The van der Waals surface area contributed by atoms with E-state index in [1.54, 1.807) is 36.0 Å². The Morgan fingerprint density at radius 2 is 1.03 bits per heavy atom. The molecule has 0 spiro atoms. The predicted molar refractivity (Wildman–Crippen MR) is 224 cm³/mol. The van der Waals surface area contributed by atoms with E-state index in [1.165, 1.54) is 28.4 Å². The number of benzene rings is 3. The molecule has 60 heavy (non-hydrogen) atoms. The van der Waals surface area contributed by atoms with Crippen molar-refractivity contribution in [2.75, 3.05) is 41.5 Å². The zero-order valence-corrected chi connectivity index (χ0v) is 34.7. The fourth-order valence-corrected chi connectivity index (χ4v) is 8.13. The van der Waals surface area contributed by atoms with Crippen LogP contribution in [0.1, 0.15) is 63.3 Å². The minimum absolute atomic E-state index is 0.248. The van der Waals surface area contributed by atoms with E-state index in [0.29, 0.717) is 24.7 Å². The van der Waals surface area contributed by atoms with Crippen LogP contribution in [0.5, 0.6) is 0 Å². The summed E-state index contributed by atoms with van der Waals surface area (Å²) in [7, 11) is 5.52. The molecule has 6 unspecified atom stereocenters. The number of carbonyl (C=O) groups is 4. The summed E-state index contributed by atoms with van der Waals surface area (Å²) in [6.07, 6.45) is 4.18. The summed E-state index contributed by atoms with van der Waals surface area (Å²) in [5, 5.41) is 7.41. The average Bonchev–Trinajstić information content (AvgIpc) is 4.13. The van der Waals surface area contributed by atoms with Crippen LogP contribution in [-0.4, -0.2) is 120 Å². The van der Waals surface area contributed by atoms with E-state index in [1.807, 2.05) is 0 Å². The molecule has 7 rings (SSSR count). The molecule has 0 aliphatic carbocycles. The number of imidazole rings is 2.